The van der Waals surface area contributed by atoms with Crippen molar-refractivity contribution >= 4 is 22.6 Å². The minimum atomic E-state index is 0.843. The van der Waals surface area contributed by atoms with Gasteiger partial charge in [0.05, 0.1) is 11.9 Å². The maximum absolute atomic E-state index is 4.70. The second kappa shape index (κ2) is 4.91. The molecule has 12 heavy (non-hydrogen) atoms. The van der Waals surface area contributed by atoms with E-state index in [0.29, 0.717) is 0 Å². The van der Waals surface area contributed by atoms with Gasteiger partial charge in [0, 0.05) is 28.7 Å². The van der Waals surface area contributed by atoms with Gasteiger partial charge in [-0.05, 0) is 6.92 Å². The van der Waals surface area contributed by atoms with Gasteiger partial charge in [0.1, 0.15) is 6.26 Å². The molecule has 0 bridgehead atoms. The van der Waals surface area contributed by atoms with Crippen LogP contribution in [0.2, 0.25) is 0 Å². The molecule has 0 unspecified atom stereocenters. The van der Waals surface area contributed by atoms with Crippen LogP contribution in [0.3, 0.4) is 0 Å². The summed E-state index contributed by atoms with van der Waals surface area (Å²) in [5.74, 6) is 0. The van der Waals surface area contributed by atoms with E-state index in [1.807, 2.05) is 13.0 Å². The fourth-order valence-corrected chi connectivity index (χ4v) is 1.06. The third-order valence-electron chi connectivity index (χ3n) is 0.946. The summed E-state index contributed by atoms with van der Waals surface area (Å²) in [4.78, 5) is 3.56. The van der Waals surface area contributed by atoms with Crippen molar-refractivity contribution in [2.75, 3.05) is 0 Å². The highest BCUT2D eigenvalue weighted by molar-refractivity contribution is 14.1. The molecule has 2 aromatic heterocycles. The molecular formula is C7H7IN2O2. The van der Waals surface area contributed by atoms with E-state index in [4.69, 9.17) is 4.52 Å². The lowest BCUT2D eigenvalue weighted by Gasteiger charge is -1.62. The Morgan fingerprint density at radius 2 is 2.33 bits per heavy atom. The number of aryl methyl sites for hydroxylation is 1. The van der Waals surface area contributed by atoms with Crippen LogP contribution >= 0.6 is 22.6 Å². The van der Waals surface area contributed by atoms with Crippen molar-refractivity contribution < 1.29 is 8.94 Å². The van der Waals surface area contributed by atoms with Gasteiger partial charge < -0.3 is 8.94 Å². The van der Waals surface area contributed by atoms with Gasteiger partial charge in [0.15, 0.2) is 10.2 Å². The highest BCUT2D eigenvalue weighted by Crippen LogP contribution is 2.03. The molecule has 0 spiro atoms. The Hall–Kier alpha value is -0.850. The van der Waals surface area contributed by atoms with Gasteiger partial charge >= 0.3 is 0 Å². The third-order valence-corrected chi connectivity index (χ3v) is 1.45. The van der Waals surface area contributed by atoms with Gasteiger partial charge in [-0.15, -0.1) is 0 Å². The molecule has 2 aromatic rings. The van der Waals surface area contributed by atoms with Crippen LogP contribution in [0.4, 0.5) is 0 Å². The Kier molecular flexibility index (Phi) is 3.78. The molecule has 2 rings (SSSR count). The number of oxazole rings is 1. The van der Waals surface area contributed by atoms with E-state index in [9.17, 15) is 0 Å². The average molecular weight is 278 g/mol. The fourth-order valence-electron chi connectivity index (χ4n) is 0.508. The molecule has 0 amide bonds. The highest BCUT2D eigenvalue weighted by Gasteiger charge is 1.90. The lowest BCUT2D eigenvalue weighted by atomic mass is 10.5. The van der Waals surface area contributed by atoms with Crippen molar-refractivity contribution in [1.29, 1.82) is 0 Å². The molecule has 4 nitrogen and oxygen atoms in total. The molecule has 64 valence electrons. The predicted molar refractivity (Wildman–Crippen MR) is 50.5 cm³/mol. The SMILES string of the molecule is Cc1cc(I)on1.c1cocn1. The first-order chi connectivity index (χ1) is 5.79. The number of rotatable bonds is 0. The standard InChI is InChI=1S/C4H4INO.C3H3NO/c1-3-2-4(5)7-6-3;1-2-5-3-4-1/h2H,1H3;1-3H. The smallest absolute Gasteiger partial charge is 0.196 e. The Labute approximate surface area is 83.1 Å². The number of nitrogens with zero attached hydrogens (tertiary/aromatic N) is 2. The van der Waals surface area contributed by atoms with Crippen LogP contribution in [0.25, 0.3) is 0 Å². The van der Waals surface area contributed by atoms with Crippen LogP contribution in [0.1, 0.15) is 5.69 Å². The van der Waals surface area contributed by atoms with Crippen LogP contribution in [0, 0.1) is 10.7 Å². The van der Waals surface area contributed by atoms with Crippen LogP contribution < -0.4 is 0 Å². The zero-order valence-electron chi connectivity index (χ0n) is 6.40. The van der Waals surface area contributed by atoms with Gasteiger partial charge in [-0.2, -0.15) is 0 Å². The number of hydrogen-bond acceptors (Lipinski definition) is 4. The summed E-state index contributed by atoms with van der Waals surface area (Å²) >= 11 is 2.07. The summed E-state index contributed by atoms with van der Waals surface area (Å²) in [7, 11) is 0. The van der Waals surface area contributed by atoms with Crippen molar-refractivity contribution in [3.05, 3.63) is 34.4 Å². The molecule has 0 saturated carbocycles. The number of halogens is 1. The number of hydrogen-bond donors (Lipinski definition) is 0. The van der Waals surface area contributed by atoms with E-state index in [-0.39, 0.29) is 0 Å². The molecule has 0 N–H and O–H groups in total. The minimum absolute atomic E-state index is 0.843. The van der Waals surface area contributed by atoms with E-state index < -0.39 is 0 Å². The molecule has 0 aliphatic heterocycles. The zero-order chi connectivity index (χ0) is 8.81. The summed E-state index contributed by atoms with van der Waals surface area (Å²) < 4.78 is 10.0. The summed E-state index contributed by atoms with van der Waals surface area (Å²) in [6, 6.07) is 1.88. The van der Waals surface area contributed by atoms with Crippen LogP contribution in [-0.4, -0.2) is 10.1 Å². The van der Waals surface area contributed by atoms with Crippen LogP contribution in [0.15, 0.2) is 33.9 Å². The van der Waals surface area contributed by atoms with Gasteiger partial charge in [0.25, 0.3) is 0 Å². The lowest BCUT2D eigenvalue weighted by molar-refractivity contribution is 0.393. The van der Waals surface area contributed by atoms with Crippen LogP contribution in [0.5, 0.6) is 0 Å². The van der Waals surface area contributed by atoms with Gasteiger partial charge in [-0.3, -0.25) is 0 Å². The molecule has 0 radical (unpaired) electrons. The van der Waals surface area contributed by atoms with E-state index >= 15 is 0 Å². The Balaban J connectivity index is 0.000000127. The Morgan fingerprint density at radius 1 is 1.50 bits per heavy atom. The van der Waals surface area contributed by atoms with Crippen molar-refractivity contribution in [1.82, 2.24) is 10.1 Å². The Bertz CT molecular complexity index is 271. The topological polar surface area (TPSA) is 52.1 Å². The second-order valence-corrected chi connectivity index (χ2v) is 3.01. The molecule has 5 heteroatoms. The van der Waals surface area contributed by atoms with Crippen LogP contribution in [-0.2, 0) is 0 Å². The molecule has 0 aliphatic rings. The molecule has 0 aliphatic carbocycles. The van der Waals surface area contributed by atoms with Gasteiger partial charge in [0.2, 0.25) is 0 Å². The summed E-state index contributed by atoms with van der Waals surface area (Å²) in [6.07, 6.45) is 4.47. The molecule has 0 fully saturated rings. The quantitative estimate of drug-likeness (QED) is 0.693. The first-order valence-electron chi connectivity index (χ1n) is 3.20. The van der Waals surface area contributed by atoms with Crippen molar-refractivity contribution in [3.8, 4) is 0 Å². The fraction of sp³-hybridized carbons (Fsp3) is 0.143. The normalized spacial score (nSPS) is 8.83. The van der Waals surface area contributed by atoms with Crippen molar-refractivity contribution in [2.24, 2.45) is 0 Å². The van der Waals surface area contributed by atoms with E-state index in [0.717, 1.165) is 9.46 Å². The molecule has 0 aromatic carbocycles. The maximum Gasteiger partial charge on any atom is 0.196 e. The number of aromatic nitrogens is 2. The van der Waals surface area contributed by atoms with E-state index in [2.05, 4.69) is 37.1 Å². The van der Waals surface area contributed by atoms with Crippen molar-refractivity contribution in [2.45, 2.75) is 6.92 Å². The Morgan fingerprint density at radius 3 is 2.50 bits per heavy atom. The monoisotopic (exact) mass is 278 g/mol. The van der Waals surface area contributed by atoms with E-state index in [1.54, 1.807) is 6.20 Å². The van der Waals surface area contributed by atoms with E-state index in [1.165, 1.54) is 12.7 Å². The average Bonchev–Trinajstić information content (AvgIpc) is 2.63. The molecule has 0 saturated heterocycles. The predicted octanol–water partition coefficient (Wildman–Crippen LogP) is 2.26. The second-order valence-electron chi connectivity index (χ2n) is 1.95. The summed E-state index contributed by atoms with van der Waals surface area (Å²) in [5, 5.41) is 3.63. The third kappa shape index (κ3) is 3.51. The molecule has 2 heterocycles. The largest absolute Gasteiger partial charge is 0.452 e. The first kappa shape index (κ1) is 9.24. The summed E-state index contributed by atoms with van der Waals surface area (Å²) in [5.41, 5.74) is 0.935. The van der Waals surface area contributed by atoms with Gasteiger partial charge in [-0.1, -0.05) is 5.16 Å². The zero-order valence-corrected chi connectivity index (χ0v) is 8.56. The first-order valence-corrected chi connectivity index (χ1v) is 4.28. The summed E-state index contributed by atoms with van der Waals surface area (Å²) in [6.45, 7) is 1.89. The maximum atomic E-state index is 4.70. The molecular weight excluding hydrogens is 271 g/mol. The van der Waals surface area contributed by atoms with Crippen molar-refractivity contribution in [3.63, 3.8) is 0 Å². The lowest BCUT2D eigenvalue weighted by Crippen LogP contribution is -1.59. The molecule has 0 atom stereocenters. The van der Waals surface area contributed by atoms with Gasteiger partial charge in [-0.25, -0.2) is 4.98 Å². The highest BCUT2D eigenvalue weighted by atomic mass is 127. The minimum Gasteiger partial charge on any atom is -0.452 e.